The predicted octanol–water partition coefficient (Wildman–Crippen LogP) is 3.47. The molecule has 1 saturated carbocycles. The van der Waals surface area contributed by atoms with Crippen LogP contribution in [0.4, 0.5) is 0 Å². The van der Waals surface area contributed by atoms with E-state index in [1.807, 2.05) is 12.1 Å². The molecule has 1 N–H and O–H groups in total. The Hall–Kier alpha value is -0.870. The van der Waals surface area contributed by atoms with E-state index in [2.05, 4.69) is 24.6 Å². The van der Waals surface area contributed by atoms with E-state index in [1.54, 1.807) is 11.8 Å². The Bertz CT molecular complexity index is 407. The summed E-state index contributed by atoms with van der Waals surface area (Å²) in [6.07, 6.45) is 5.73. The fourth-order valence-electron chi connectivity index (χ4n) is 1.90. The number of thioether (sulfide) groups is 1. The molecule has 1 fully saturated rings. The molecule has 3 nitrogen and oxygen atoms in total. The van der Waals surface area contributed by atoms with Gasteiger partial charge in [-0.3, -0.25) is 0 Å². The van der Waals surface area contributed by atoms with Gasteiger partial charge in [0.25, 0.3) is 0 Å². The molecule has 20 heavy (non-hydrogen) atoms. The zero-order valence-electron chi connectivity index (χ0n) is 12.5. The van der Waals surface area contributed by atoms with Gasteiger partial charge in [0.05, 0.1) is 13.2 Å². The fourth-order valence-corrected chi connectivity index (χ4v) is 2.15. The molecule has 0 amide bonds. The van der Waals surface area contributed by atoms with Gasteiger partial charge in [0.2, 0.25) is 0 Å². The summed E-state index contributed by atoms with van der Waals surface area (Å²) < 4.78 is 11.6. The number of hydrogen-bond donors (Lipinski definition) is 1. The van der Waals surface area contributed by atoms with Crippen molar-refractivity contribution in [1.29, 1.82) is 0 Å². The highest BCUT2D eigenvalue weighted by Crippen LogP contribution is 2.27. The molecular weight excluding hydrogens is 270 g/mol. The van der Waals surface area contributed by atoms with E-state index < -0.39 is 0 Å². The van der Waals surface area contributed by atoms with Crippen molar-refractivity contribution in [1.82, 2.24) is 5.32 Å². The highest BCUT2D eigenvalue weighted by molar-refractivity contribution is 7.98. The molecule has 0 radical (unpaired) electrons. The second-order valence-electron chi connectivity index (χ2n) is 5.11. The molecule has 1 aromatic carbocycles. The summed E-state index contributed by atoms with van der Waals surface area (Å²) in [5, 5.41) is 3.54. The third kappa shape index (κ3) is 5.25. The summed E-state index contributed by atoms with van der Waals surface area (Å²) in [6.45, 7) is 4.50. The number of hydrogen-bond acceptors (Lipinski definition) is 4. The Morgan fingerprint density at radius 1 is 1.25 bits per heavy atom. The van der Waals surface area contributed by atoms with E-state index in [-0.39, 0.29) is 0 Å². The van der Waals surface area contributed by atoms with Crippen molar-refractivity contribution in [2.75, 3.05) is 25.2 Å². The molecule has 4 heteroatoms. The van der Waals surface area contributed by atoms with Crippen LogP contribution in [-0.2, 0) is 6.54 Å². The van der Waals surface area contributed by atoms with Gasteiger partial charge in [0, 0.05) is 30.0 Å². The van der Waals surface area contributed by atoms with E-state index in [0.717, 1.165) is 43.4 Å². The Kier molecular flexibility index (Phi) is 6.54. The van der Waals surface area contributed by atoms with Crippen LogP contribution in [0.25, 0.3) is 0 Å². The molecule has 1 aliphatic carbocycles. The van der Waals surface area contributed by atoms with Crippen molar-refractivity contribution in [3.8, 4) is 11.5 Å². The second-order valence-corrected chi connectivity index (χ2v) is 6.10. The third-order valence-electron chi connectivity index (χ3n) is 3.22. The maximum atomic E-state index is 5.91. The van der Waals surface area contributed by atoms with Crippen LogP contribution in [0.1, 0.15) is 31.7 Å². The van der Waals surface area contributed by atoms with Crippen molar-refractivity contribution >= 4 is 11.8 Å². The van der Waals surface area contributed by atoms with Crippen LogP contribution in [-0.4, -0.2) is 31.3 Å². The van der Waals surface area contributed by atoms with Gasteiger partial charge in [-0.05, 0) is 31.6 Å². The smallest absolute Gasteiger partial charge is 0.127 e. The van der Waals surface area contributed by atoms with Gasteiger partial charge in [-0.15, -0.1) is 0 Å². The first-order valence-corrected chi connectivity index (χ1v) is 8.83. The van der Waals surface area contributed by atoms with Crippen molar-refractivity contribution in [2.45, 2.75) is 38.8 Å². The molecule has 0 saturated heterocycles. The van der Waals surface area contributed by atoms with Crippen LogP contribution in [0.15, 0.2) is 18.2 Å². The SMILES string of the molecule is CCCOc1ccc(CNC2CC2)c(OCCSC)c1. The van der Waals surface area contributed by atoms with Gasteiger partial charge in [0.1, 0.15) is 11.5 Å². The minimum Gasteiger partial charge on any atom is -0.493 e. The summed E-state index contributed by atoms with van der Waals surface area (Å²) in [7, 11) is 0. The Labute approximate surface area is 126 Å². The molecule has 0 atom stereocenters. The molecule has 0 aromatic heterocycles. The van der Waals surface area contributed by atoms with Crippen LogP contribution in [0.3, 0.4) is 0 Å². The first-order valence-electron chi connectivity index (χ1n) is 7.44. The van der Waals surface area contributed by atoms with Gasteiger partial charge in [-0.1, -0.05) is 13.0 Å². The standard InChI is InChI=1S/C16H25NO2S/c1-3-8-18-15-7-4-13(12-17-14-5-6-14)16(11-15)19-9-10-20-2/h4,7,11,14,17H,3,5-6,8-10,12H2,1-2H3. The average molecular weight is 295 g/mol. The molecule has 0 unspecified atom stereocenters. The first-order chi connectivity index (χ1) is 9.83. The molecular formula is C16H25NO2S. The summed E-state index contributed by atoms with van der Waals surface area (Å²) in [5.41, 5.74) is 1.22. The Morgan fingerprint density at radius 3 is 2.80 bits per heavy atom. The van der Waals surface area contributed by atoms with Crippen LogP contribution >= 0.6 is 11.8 Å². The van der Waals surface area contributed by atoms with Crippen molar-refractivity contribution < 1.29 is 9.47 Å². The van der Waals surface area contributed by atoms with Crippen molar-refractivity contribution in [2.24, 2.45) is 0 Å². The van der Waals surface area contributed by atoms with E-state index in [1.165, 1.54) is 18.4 Å². The number of nitrogens with one attached hydrogen (secondary N) is 1. The molecule has 0 spiro atoms. The van der Waals surface area contributed by atoms with E-state index in [4.69, 9.17) is 9.47 Å². The van der Waals surface area contributed by atoms with E-state index in [9.17, 15) is 0 Å². The van der Waals surface area contributed by atoms with Gasteiger partial charge in [-0.2, -0.15) is 11.8 Å². The molecule has 1 aliphatic rings. The van der Waals surface area contributed by atoms with Gasteiger partial charge < -0.3 is 14.8 Å². The lowest BCUT2D eigenvalue weighted by Gasteiger charge is -2.14. The summed E-state index contributed by atoms with van der Waals surface area (Å²) in [5.74, 6) is 2.87. The molecule has 0 bridgehead atoms. The molecule has 2 rings (SSSR count). The fraction of sp³-hybridized carbons (Fsp3) is 0.625. The highest BCUT2D eigenvalue weighted by atomic mass is 32.2. The maximum absolute atomic E-state index is 5.91. The lowest BCUT2D eigenvalue weighted by Crippen LogP contribution is -2.16. The van der Waals surface area contributed by atoms with Gasteiger partial charge in [-0.25, -0.2) is 0 Å². The van der Waals surface area contributed by atoms with Crippen molar-refractivity contribution in [3.05, 3.63) is 23.8 Å². The Balaban J connectivity index is 1.98. The quantitative estimate of drug-likeness (QED) is 0.670. The minimum atomic E-state index is 0.713. The number of rotatable bonds is 10. The zero-order chi connectivity index (χ0) is 14.2. The lowest BCUT2D eigenvalue weighted by molar-refractivity contribution is 0.308. The van der Waals surface area contributed by atoms with Gasteiger partial charge >= 0.3 is 0 Å². The average Bonchev–Trinajstić information content (AvgIpc) is 3.28. The third-order valence-corrected chi connectivity index (χ3v) is 3.79. The van der Waals surface area contributed by atoms with Crippen LogP contribution < -0.4 is 14.8 Å². The maximum Gasteiger partial charge on any atom is 0.127 e. The normalized spacial score (nSPS) is 14.3. The highest BCUT2D eigenvalue weighted by Gasteiger charge is 2.20. The van der Waals surface area contributed by atoms with Crippen LogP contribution in [0.5, 0.6) is 11.5 Å². The molecule has 1 aromatic rings. The summed E-state index contributed by atoms with van der Waals surface area (Å²) in [4.78, 5) is 0. The predicted molar refractivity (Wildman–Crippen MR) is 86.0 cm³/mol. The van der Waals surface area contributed by atoms with Crippen molar-refractivity contribution in [3.63, 3.8) is 0 Å². The monoisotopic (exact) mass is 295 g/mol. The van der Waals surface area contributed by atoms with Gasteiger partial charge in [0.15, 0.2) is 0 Å². The summed E-state index contributed by atoms with van der Waals surface area (Å²) >= 11 is 1.80. The Morgan fingerprint density at radius 2 is 2.10 bits per heavy atom. The largest absolute Gasteiger partial charge is 0.493 e. The second kappa shape index (κ2) is 8.42. The number of benzene rings is 1. The molecule has 0 heterocycles. The molecule has 112 valence electrons. The van der Waals surface area contributed by atoms with E-state index >= 15 is 0 Å². The minimum absolute atomic E-state index is 0.713. The zero-order valence-corrected chi connectivity index (χ0v) is 13.3. The van der Waals surface area contributed by atoms with E-state index in [0.29, 0.717) is 6.04 Å². The number of ether oxygens (including phenoxy) is 2. The van der Waals surface area contributed by atoms with Crippen LogP contribution in [0, 0.1) is 0 Å². The topological polar surface area (TPSA) is 30.5 Å². The lowest BCUT2D eigenvalue weighted by atomic mass is 10.2. The summed E-state index contributed by atoms with van der Waals surface area (Å²) in [6, 6.07) is 6.90. The molecule has 0 aliphatic heterocycles. The van der Waals surface area contributed by atoms with Crippen LogP contribution in [0.2, 0.25) is 0 Å². The first kappa shape index (κ1) is 15.5.